The molecule has 0 saturated carbocycles. The third-order valence-corrected chi connectivity index (χ3v) is 3.49. The molecule has 142 valence electrons. The molecule has 2 aromatic carbocycles. The Hall–Kier alpha value is -3.29. The van der Waals surface area contributed by atoms with Crippen LogP contribution in [-0.2, 0) is 17.5 Å². The van der Waals surface area contributed by atoms with E-state index in [0.717, 1.165) is 17.7 Å². The Morgan fingerprint density at radius 2 is 1.81 bits per heavy atom. The van der Waals surface area contributed by atoms with Gasteiger partial charge in [-0.3, -0.25) is 0 Å². The number of alkyl halides is 3. The first-order valence-electron chi connectivity index (χ1n) is 7.83. The van der Waals surface area contributed by atoms with E-state index in [1.807, 2.05) is 18.2 Å². The minimum atomic E-state index is -4.63. The Bertz CT molecular complexity index is 833. The average Bonchev–Trinajstić information content (AvgIpc) is 2.63. The van der Waals surface area contributed by atoms with Crippen molar-refractivity contribution in [3.63, 3.8) is 0 Å². The van der Waals surface area contributed by atoms with Crippen LogP contribution < -0.4 is 5.32 Å². The molecule has 2 aromatic rings. The van der Waals surface area contributed by atoms with Crippen molar-refractivity contribution in [2.45, 2.75) is 12.8 Å². The van der Waals surface area contributed by atoms with Crippen molar-refractivity contribution in [1.29, 1.82) is 0 Å². The highest BCUT2D eigenvalue weighted by Crippen LogP contribution is 2.30. The van der Waals surface area contributed by atoms with Gasteiger partial charge in [0.15, 0.2) is 0 Å². The smallest absolute Gasteiger partial charge is 0.416 e. The number of ether oxygens (including phenoxy) is 1. The van der Waals surface area contributed by atoms with E-state index in [1.54, 1.807) is 12.1 Å². The predicted octanol–water partition coefficient (Wildman–Crippen LogP) is 4.34. The van der Waals surface area contributed by atoms with E-state index in [-0.39, 0.29) is 18.7 Å². The Kier molecular flexibility index (Phi) is 6.59. The molecule has 1 amide bonds. The maximum atomic E-state index is 12.7. The Morgan fingerprint density at radius 1 is 1.11 bits per heavy atom. The normalized spacial score (nSPS) is 11.4. The van der Waals surface area contributed by atoms with Gasteiger partial charge in [0.1, 0.15) is 6.61 Å². The van der Waals surface area contributed by atoms with E-state index >= 15 is 0 Å². The molecule has 0 saturated heterocycles. The summed E-state index contributed by atoms with van der Waals surface area (Å²) in [5.41, 5.74) is -0.610. The quantitative estimate of drug-likeness (QED) is 0.783. The molecule has 0 aliphatic heterocycles. The first kappa shape index (κ1) is 20.0. The number of carbonyl (C=O) groups is 2. The minimum absolute atomic E-state index is 0.0215. The van der Waals surface area contributed by atoms with E-state index in [1.165, 1.54) is 12.2 Å². The second-order valence-electron chi connectivity index (χ2n) is 5.45. The van der Waals surface area contributed by atoms with Gasteiger partial charge in [0.2, 0.25) is 0 Å². The van der Waals surface area contributed by atoms with Crippen LogP contribution in [0.1, 0.15) is 27.0 Å². The summed E-state index contributed by atoms with van der Waals surface area (Å²) < 4.78 is 43.0. The number of aromatic carboxylic acids is 1. The van der Waals surface area contributed by atoms with Crippen LogP contribution in [0.4, 0.5) is 18.0 Å². The van der Waals surface area contributed by atoms with Gasteiger partial charge in [0.25, 0.3) is 0 Å². The standard InChI is InChI=1S/C19H16F3NO4/c20-19(21,22)15-9-8-14(16(11-15)17(24)25)7-4-10-23-18(26)27-12-13-5-2-1-3-6-13/h1-9,11H,10,12H2,(H,23,26)(H,24,25). The zero-order valence-electron chi connectivity index (χ0n) is 14.0. The molecule has 0 aliphatic carbocycles. The Morgan fingerprint density at radius 3 is 2.44 bits per heavy atom. The Balaban J connectivity index is 1.91. The van der Waals surface area contributed by atoms with Crippen LogP contribution in [0.3, 0.4) is 0 Å². The van der Waals surface area contributed by atoms with Gasteiger partial charge >= 0.3 is 18.2 Å². The van der Waals surface area contributed by atoms with Crippen LogP contribution in [0.25, 0.3) is 6.08 Å². The molecule has 8 heteroatoms. The fraction of sp³-hybridized carbons (Fsp3) is 0.158. The monoisotopic (exact) mass is 379 g/mol. The number of carbonyl (C=O) groups excluding carboxylic acids is 1. The van der Waals surface area contributed by atoms with E-state index in [2.05, 4.69) is 5.32 Å². The lowest BCUT2D eigenvalue weighted by Gasteiger charge is -2.09. The molecule has 0 unspecified atom stereocenters. The number of hydrogen-bond acceptors (Lipinski definition) is 3. The summed E-state index contributed by atoms with van der Waals surface area (Å²) in [6, 6.07) is 11.5. The molecule has 2 N–H and O–H groups in total. The van der Waals surface area contributed by atoms with Gasteiger partial charge in [-0.25, -0.2) is 9.59 Å². The van der Waals surface area contributed by atoms with Crippen molar-refractivity contribution in [2.24, 2.45) is 0 Å². The number of amides is 1. The average molecular weight is 379 g/mol. The number of benzene rings is 2. The van der Waals surface area contributed by atoms with E-state index in [4.69, 9.17) is 9.84 Å². The molecule has 0 bridgehead atoms. The van der Waals surface area contributed by atoms with Crippen molar-refractivity contribution in [3.8, 4) is 0 Å². The largest absolute Gasteiger partial charge is 0.478 e. The number of carboxylic acid groups (broad SMARTS) is 1. The van der Waals surface area contributed by atoms with E-state index in [9.17, 15) is 22.8 Å². The van der Waals surface area contributed by atoms with Crippen LogP contribution in [0.15, 0.2) is 54.6 Å². The minimum Gasteiger partial charge on any atom is -0.478 e. The van der Waals surface area contributed by atoms with E-state index in [0.29, 0.717) is 6.07 Å². The van der Waals surface area contributed by atoms with Crippen molar-refractivity contribution in [2.75, 3.05) is 6.54 Å². The number of carboxylic acids is 1. The first-order chi connectivity index (χ1) is 12.8. The predicted molar refractivity (Wildman–Crippen MR) is 92.1 cm³/mol. The van der Waals surface area contributed by atoms with Crippen LogP contribution >= 0.6 is 0 Å². The molecule has 27 heavy (non-hydrogen) atoms. The highest BCUT2D eigenvalue weighted by molar-refractivity contribution is 5.92. The SMILES string of the molecule is O=C(NCC=Cc1ccc(C(F)(F)F)cc1C(=O)O)OCc1ccccc1. The zero-order chi connectivity index (χ0) is 19.9. The summed E-state index contributed by atoms with van der Waals surface area (Å²) in [6.45, 7) is 0.117. The number of nitrogens with one attached hydrogen (secondary N) is 1. The van der Waals surface area contributed by atoms with Crippen molar-refractivity contribution < 1.29 is 32.6 Å². The van der Waals surface area contributed by atoms with Gasteiger partial charge in [-0.1, -0.05) is 48.6 Å². The molecular formula is C19H16F3NO4. The number of halogens is 3. The van der Waals surface area contributed by atoms with Gasteiger partial charge in [-0.2, -0.15) is 13.2 Å². The zero-order valence-corrected chi connectivity index (χ0v) is 14.0. The molecule has 0 heterocycles. The summed E-state index contributed by atoms with van der Waals surface area (Å²) >= 11 is 0. The van der Waals surface area contributed by atoms with Crippen molar-refractivity contribution in [1.82, 2.24) is 5.32 Å². The van der Waals surface area contributed by atoms with Crippen molar-refractivity contribution >= 4 is 18.1 Å². The summed E-state index contributed by atoms with van der Waals surface area (Å²) in [5, 5.41) is 11.5. The van der Waals surface area contributed by atoms with Gasteiger partial charge in [-0.05, 0) is 23.3 Å². The summed E-state index contributed by atoms with van der Waals surface area (Å²) in [5.74, 6) is -1.48. The lowest BCUT2D eigenvalue weighted by molar-refractivity contribution is -0.137. The fourth-order valence-electron chi connectivity index (χ4n) is 2.17. The second-order valence-corrected chi connectivity index (χ2v) is 5.45. The number of rotatable bonds is 6. The van der Waals surface area contributed by atoms with Gasteiger partial charge in [0, 0.05) is 6.54 Å². The summed E-state index contributed by atoms with van der Waals surface area (Å²) in [6.07, 6.45) is -2.56. The van der Waals surface area contributed by atoms with Gasteiger partial charge in [-0.15, -0.1) is 0 Å². The second kappa shape index (κ2) is 8.88. The van der Waals surface area contributed by atoms with Crippen LogP contribution in [0.5, 0.6) is 0 Å². The lowest BCUT2D eigenvalue weighted by Crippen LogP contribution is -2.24. The van der Waals surface area contributed by atoms with Gasteiger partial charge < -0.3 is 15.2 Å². The first-order valence-corrected chi connectivity index (χ1v) is 7.83. The van der Waals surface area contributed by atoms with Gasteiger partial charge in [0.05, 0.1) is 11.1 Å². The number of hydrogen-bond donors (Lipinski definition) is 2. The van der Waals surface area contributed by atoms with Crippen LogP contribution in [0.2, 0.25) is 0 Å². The Labute approximate surface area is 153 Å². The molecular weight excluding hydrogens is 363 g/mol. The van der Waals surface area contributed by atoms with E-state index < -0.39 is 29.4 Å². The maximum absolute atomic E-state index is 12.7. The lowest BCUT2D eigenvalue weighted by atomic mass is 10.0. The van der Waals surface area contributed by atoms with Crippen molar-refractivity contribution in [3.05, 3.63) is 76.9 Å². The van der Waals surface area contributed by atoms with Crippen LogP contribution in [-0.4, -0.2) is 23.7 Å². The molecule has 2 rings (SSSR count). The molecule has 5 nitrogen and oxygen atoms in total. The molecule has 0 atom stereocenters. The molecule has 0 spiro atoms. The highest BCUT2D eigenvalue weighted by atomic mass is 19.4. The highest BCUT2D eigenvalue weighted by Gasteiger charge is 2.31. The third kappa shape index (κ3) is 6.18. The fourth-order valence-corrected chi connectivity index (χ4v) is 2.17. The molecule has 0 aromatic heterocycles. The molecule has 0 fully saturated rings. The number of alkyl carbamates (subject to hydrolysis) is 1. The molecule has 0 radical (unpaired) electrons. The third-order valence-electron chi connectivity index (χ3n) is 3.49. The van der Waals surface area contributed by atoms with Crippen LogP contribution in [0, 0.1) is 0 Å². The molecule has 0 aliphatic rings. The maximum Gasteiger partial charge on any atom is 0.416 e. The topological polar surface area (TPSA) is 75.6 Å². The summed E-state index contributed by atoms with van der Waals surface area (Å²) in [7, 11) is 0. The summed E-state index contributed by atoms with van der Waals surface area (Å²) in [4.78, 5) is 22.7.